The van der Waals surface area contributed by atoms with Crippen LogP contribution in [-0.4, -0.2) is 63.3 Å². The van der Waals surface area contributed by atoms with Crippen molar-refractivity contribution >= 4 is 29.2 Å². The molecule has 0 saturated carbocycles. The first-order valence-corrected chi connectivity index (χ1v) is 14.0. The van der Waals surface area contributed by atoms with Crippen LogP contribution < -0.4 is 20.1 Å². The lowest BCUT2D eigenvalue weighted by Crippen LogP contribution is -2.27. The maximum atomic E-state index is 13.1. The van der Waals surface area contributed by atoms with Crippen LogP contribution in [0.1, 0.15) is 49.5 Å². The fourth-order valence-corrected chi connectivity index (χ4v) is 4.53. The molecule has 0 unspecified atom stereocenters. The number of fused-ring (bicyclic) bond motifs is 1. The summed E-state index contributed by atoms with van der Waals surface area (Å²) in [6, 6.07) is 16.0. The minimum atomic E-state index is -0.625. The molecule has 0 atom stereocenters. The van der Waals surface area contributed by atoms with E-state index in [4.69, 9.17) is 14.2 Å². The van der Waals surface area contributed by atoms with E-state index in [1.54, 1.807) is 63.4 Å². The number of likely N-dealkylation sites (tertiary alicyclic amines) is 1. The van der Waals surface area contributed by atoms with Gasteiger partial charge in [-0.2, -0.15) is 0 Å². The summed E-state index contributed by atoms with van der Waals surface area (Å²) in [5.41, 5.74) is 1.89. The van der Waals surface area contributed by atoms with Crippen LogP contribution in [0, 0.1) is 6.92 Å². The Hall–Kier alpha value is -4.64. The highest BCUT2D eigenvalue weighted by atomic mass is 16.6. The summed E-state index contributed by atoms with van der Waals surface area (Å²) in [6.45, 7) is 11.0. The Labute approximate surface area is 244 Å². The number of amides is 2. The number of aryl methyl sites for hydroxylation is 1. The molecule has 0 bridgehead atoms. The standard InChI is InChI=1S/C31H36N6O5/c1-21-10-11-24(41-28-13-12-27-33-26(20-37(27)35-28)34-30(39)42-31(2,3)4)19-25(21)32-29(38)22-8-7-9-23(18-22)40-17-16-36-14-5-6-15-36/h7-13,18-20H,5-6,14-17H2,1-4H3,(H,32,38)(H,34,39). The van der Waals surface area contributed by atoms with E-state index >= 15 is 0 Å². The van der Waals surface area contributed by atoms with Gasteiger partial charge < -0.3 is 19.5 Å². The van der Waals surface area contributed by atoms with Crippen LogP contribution in [0.3, 0.4) is 0 Å². The van der Waals surface area contributed by atoms with Crippen molar-refractivity contribution in [1.29, 1.82) is 0 Å². The van der Waals surface area contributed by atoms with Crippen LogP contribution in [0.25, 0.3) is 5.65 Å². The molecular formula is C31H36N6O5. The Morgan fingerprint density at radius 2 is 1.79 bits per heavy atom. The van der Waals surface area contributed by atoms with Gasteiger partial charge in [0, 0.05) is 29.9 Å². The smallest absolute Gasteiger partial charge is 0.413 e. The third kappa shape index (κ3) is 7.76. The third-order valence-electron chi connectivity index (χ3n) is 6.58. The van der Waals surface area contributed by atoms with Crippen LogP contribution in [0.2, 0.25) is 0 Å². The predicted octanol–water partition coefficient (Wildman–Crippen LogP) is 5.90. The average molecular weight is 573 g/mol. The lowest BCUT2D eigenvalue weighted by molar-refractivity contribution is 0.0635. The number of imidazole rings is 1. The highest BCUT2D eigenvalue weighted by Crippen LogP contribution is 2.27. The van der Waals surface area contributed by atoms with Gasteiger partial charge in [-0.15, -0.1) is 5.10 Å². The second kappa shape index (κ2) is 12.5. The lowest BCUT2D eigenvalue weighted by atomic mass is 10.1. The van der Waals surface area contributed by atoms with E-state index < -0.39 is 11.7 Å². The second-order valence-corrected chi connectivity index (χ2v) is 11.2. The monoisotopic (exact) mass is 572 g/mol. The molecule has 0 spiro atoms. The van der Waals surface area contributed by atoms with Crippen molar-refractivity contribution in [3.8, 4) is 17.4 Å². The molecule has 0 radical (unpaired) electrons. The number of hydrogen-bond donors (Lipinski definition) is 2. The fraction of sp³-hybridized carbons (Fsp3) is 0.355. The molecule has 42 heavy (non-hydrogen) atoms. The first-order valence-electron chi connectivity index (χ1n) is 14.0. The predicted molar refractivity (Wildman–Crippen MR) is 160 cm³/mol. The van der Waals surface area contributed by atoms with Gasteiger partial charge in [0.25, 0.3) is 5.91 Å². The molecule has 1 fully saturated rings. The molecule has 2 amide bonds. The Morgan fingerprint density at radius 3 is 2.57 bits per heavy atom. The Morgan fingerprint density at radius 1 is 0.976 bits per heavy atom. The van der Waals surface area contributed by atoms with Crippen molar-refractivity contribution in [1.82, 2.24) is 19.5 Å². The zero-order valence-electron chi connectivity index (χ0n) is 24.3. The third-order valence-corrected chi connectivity index (χ3v) is 6.58. The van der Waals surface area contributed by atoms with Crippen LogP contribution >= 0.6 is 0 Å². The molecule has 2 aromatic heterocycles. The maximum Gasteiger partial charge on any atom is 0.413 e. The van der Waals surface area contributed by atoms with Gasteiger partial charge >= 0.3 is 6.09 Å². The molecule has 2 N–H and O–H groups in total. The topological polar surface area (TPSA) is 119 Å². The summed E-state index contributed by atoms with van der Waals surface area (Å²) >= 11 is 0. The highest BCUT2D eigenvalue weighted by Gasteiger charge is 2.18. The van der Waals surface area contributed by atoms with Gasteiger partial charge in [-0.25, -0.2) is 14.3 Å². The van der Waals surface area contributed by atoms with Gasteiger partial charge in [-0.1, -0.05) is 12.1 Å². The van der Waals surface area contributed by atoms with Crippen molar-refractivity contribution < 1.29 is 23.8 Å². The van der Waals surface area contributed by atoms with E-state index in [9.17, 15) is 9.59 Å². The summed E-state index contributed by atoms with van der Waals surface area (Å²) in [5.74, 6) is 1.53. The van der Waals surface area contributed by atoms with Crippen LogP contribution in [-0.2, 0) is 4.74 Å². The van der Waals surface area contributed by atoms with Gasteiger partial charge in [0.2, 0.25) is 5.88 Å². The molecule has 0 aliphatic carbocycles. The number of rotatable bonds is 9. The number of nitrogens with one attached hydrogen (secondary N) is 2. The molecule has 1 aliphatic rings. The summed E-state index contributed by atoms with van der Waals surface area (Å²) in [4.78, 5) is 31.9. The minimum absolute atomic E-state index is 0.247. The molecule has 1 saturated heterocycles. The van der Waals surface area contributed by atoms with E-state index in [-0.39, 0.29) is 5.91 Å². The van der Waals surface area contributed by atoms with Crippen molar-refractivity contribution in [2.45, 2.75) is 46.1 Å². The summed E-state index contributed by atoms with van der Waals surface area (Å²) in [6.07, 6.45) is 3.45. The number of anilines is 2. The zero-order valence-corrected chi connectivity index (χ0v) is 24.3. The highest BCUT2D eigenvalue weighted by molar-refractivity contribution is 6.05. The average Bonchev–Trinajstić information content (AvgIpc) is 3.59. The number of carbonyl (C=O) groups is 2. The molecule has 3 heterocycles. The zero-order chi connectivity index (χ0) is 29.7. The van der Waals surface area contributed by atoms with Gasteiger partial charge in [-0.05, 0) is 89.5 Å². The maximum absolute atomic E-state index is 13.1. The molecule has 4 aromatic rings. The number of carbonyl (C=O) groups excluding carboxylic acids is 2. The molecule has 11 heteroatoms. The van der Waals surface area contributed by atoms with Gasteiger partial charge in [0.15, 0.2) is 11.5 Å². The van der Waals surface area contributed by atoms with Crippen molar-refractivity contribution in [3.05, 3.63) is 71.9 Å². The van der Waals surface area contributed by atoms with E-state index in [0.717, 1.165) is 25.2 Å². The van der Waals surface area contributed by atoms with E-state index in [0.29, 0.717) is 46.7 Å². The molecule has 11 nitrogen and oxygen atoms in total. The number of ether oxygens (including phenoxy) is 3. The number of benzene rings is 2. The Bertz CT molecular complexity index is 1570. The quantitative estimate of drug-likeness (QED) is 0.254. The first kappa shape index (κ1) is 28.9. The molecule has 5 rings (SSSR count). The summed E-state index contributed by atoms with van der Waals surface area (Å²) in [5, 5.41) is 10.0. The van der Waals surface area contributed by atoms with Crippen LogP contribution in [0.4, 0.5) is 16.3 Å². The van der Waals surface area contributed by atoms with E-state index in [2.05, 4.69) is 25.6 Å². The molecule has 2 aromatic carbocycles. The number of hydrogen-bond acceptors (Lipinski definition) is 8. The number of aromatic nitrogens is 3. The first-order chi connectivity index (χ1) is 20.1. The molecular weight excluding hydrogens is 536 g/mol. The van der Waals surface area contributed by atoms with Crippen LogP contribution in [0.5, 0.6) is 17.4 Å². The van der Waals surface area contributed by atoms with E-state index in [1.165, 1.54) is 17.4 Å². The Kier molecular flexibility index (Phi) is 8.58. The minimum Gasteiger partial charge on any atom is -0.492 e. The summed E-state index contributed by atoms with van der Waals surface area (Å²) in [7, 11) is 0. The number of nitrogens with zero attached hydrogens (tertiary/aromatic N) is 4. The Balaban J connectivity index is 1.22. The fourth-order valence-electron chi connectivity index (χ4n) is 4.53. The summed E-state index contributed by atoms with van der Waals surface area (Å²) < 4.78 is 18.7. The molecule has 220 valence electrons. The van der Waals surface area contributed by atoms with Crippen LogP contribution in [0.15, 0.2) is 60.8 Å². The van der Waals surface area contributed by atoms with Crippen molar-refractivity contribution in [2.75, 3.05) is 36.9 Å². The van der Waals surface area contributed by atoms with Gasteiger partial charge in [0.1, 0.15) is 23.7 Å². The SMILES string of the molecule is Cc1ccc(Oc2ccc3nc(NC(=O)OC(C)(C)C)cn3n2)cc1NC(=O)c1cccc(OCCN2CCCC2)c1. The molecule has 1 aliphatic heterocycles. The van der Waals surface area contributed by atoms with Gasteiger partial charge in [0.05, 0.1) is 6.20 Å². The van der Waals surface area contributed by atoms with Gasteiger partial charge in [-0.3, -0.25) is 15.0 Å². The normalized spacial score (nSPS) is 13.6. The van der Waals surface area contributed by atoms with E-state index in [1.807, 2.05) is 25.1 Å². The van der Waals surface area contributed by atoms with Crippen molar-refractivity contribution in [3.63, 3.8) is 0 Å². The van der Waals surface area contributed by atoms with Crippen molar-refractivity contribution in [2.24, 2.45) is 0 Å². The second-order valence-electron chi connectivity index (χ2n) is 11.2. The lowest BCUT2D eigenvalue weighted by Gasteiger charge is -2.18. The largest absolute Gasteiger partial charge is 0.492 e.